The Hall–Kier alpha value is -1.61. The fourth-order valence-electron chi connectivity index (χ4n) is 2.01. The van der Waals surface area contributed by atoms with Crippen molar-refractivity contribution in [1.82, 2.24) is 0 Å². The number of phosphoric acid groups is 1. The van der Waals surface area contributed by atoms with E-state index in [-0.39, 0.29) is 5.75 Å². The summed E-state index contributed by atoms with van der Waals surface area (Å²) < 4.78 is 15.9. The zero-order valence-corrected chi connectivity index (χ0v) is 11.4. The van der Waals surface area contributed by atoms with E-state index in [1.54, 1.807) is 12.1 Å². The molecule has 2 rings (SSSR count). The first-order valence-corrected chi connectivity index (χ1v) is 7.46. The molecule has 0 saturated heterocycles. The van der Waals surface area contributed by atoms with Gasteiger partial charge in [-0.3, -0.25) is 9.79 Å². The third kappa shape index (κ3) is 3.44. The molecule has 2 aromatic carbocycles. The van der Waals surface area contributed by atoms with Gasteiger partial charge in [0.1, 0.15) is 5.75 Å². The summed E-state index contributed by atoms with van der Waals surface area (Å²) >= 11 is 0. The molecule has 100 valence electrons. The summed E-state index contributed by atoms with van der Waals surface area (Å²) in [5, 5.41) is 0. The first-order valence-electron chi connectivity index (χ1n) is 5.93. The highest BCUT2D eigenvalue weighted by atomic mass is 31.2. The van der Waals surface area contributed by atoms with Crippen molar-refractivity contribution >= 4 is 7.82 Å². The van der Waals surface area contributed by atoms with Crippen molar-refractivity contribution in [3.8, 4) is 16.9 Å². The second kappa shape index (κ2) is 5.57. The molecule has 0 heterocycles. The third-order valence-electron chi connectivity index (χ3n) is 2.77. The van der Waals surface area contributed by atoms with Crippen LogP contribution in [0.4, 0.5) is 0 Å². The quantitative estimate of drug-likeness (QED) is 0.841. The zero-order valence-electron chi connectivity index (χ0n) is 10.5. The number of aryl methyl sites for hydroxylation is 1. The average molecular weight is 278 g/mol. The minimum Gasteiger partial charge on any atom is -0.404 e. The van der Waals surface area contributed by atoms with Gasteiger partial charge in [-0.2, -0.15) is 0 Å². The summed E-state index contributed by atoms with van der Waals surface area (Å²) in [5.41, 5.74) is 2.59. The molecule has 2 N–H and O–H groups in total. The second-order valence-electron chi connectivity index (χ2n) is 4.09. The van der Waals surface area contributed by atoms with Crippen LogP contribution in [-0.4, -0.2) is 9.79 Å². The number of hydrogen-bond donors (Lipinski definition) is 2. The molecule has 4 nitrogen and oxygen atoms in total. The van der Waals surface area contributed by atoms with Crippen molar-refractivity contribution in [2.75, 3.05) is 0 Å². The molecule has 2 aromatic rings. The minimum atomic E-state index is -4.57. The molecule has 0 fully saturated rings. The molecule has 0 amide bonds. The number of hydrogen-bond acceptors (Lipinski definition) is 2. The van der Waals surface area contributed by atoms with Crippen LogP contribution in [0, 0.1) is 0 Å². The van der Waals surface area contributed by atoms with Gasteiger partial charge in [-0.1, -0.05) is 49.4 Å². The molecule has 0 aliphatic carbocycles. The lowest BCUT2D eigenvalue weighted by atomic mass is 9.97. The van der Waals surface area contributed by atoms with E-state index in [0.29, 0.717) is 0 Å². The SMILES string of the molecule is CCc1cccc(OP(=O)(O)O)c1-c1ccccc1. The predicted molar refractivity (Wildman–Crippen MR) is 73.9 cm³/mol. The molecule has 0 bridgehead atoms. The van der Waals surface area contributed by atoms with Gasteiger partial charge in [0.25, 0.3) is 0 Å². The highest BCUT2D eigenvalue weighted by Crippen LogP contribution is 2.43. The molecule has 0 unspecified atom stereocenters. The molecular formula is C14H15O4P. The Bertz CT molecular complexity index is 604. The van der Waals surface area contributed by atoms with Crippen LogP contribution in [0.5, 0.6) is 5.75 Å². The Kier molecular flexibility index (Phi) is 4.05. The lowest BCUT2D eigenvalue weighted by Gasteiger charge is -2.15. The Morgan fingerprint density at radius 2 is 1.74 bits per heavy atom. The van der Waals surface area contributed by atoms with Crippen LogP contribution in [0.25, 0.3) is 11.1 Å². The van der Waals surface area contributed by atoms with E-state index >= 15 is 0 Å². The van der Waals surface area contributed by atoms with E-state index in [4.69, 9.17) is 14.3 Å². The average Bonchev–Trinajstić information content (AvgIpc) is 2.37. The molecule has 0 aliphatic heterocycles. The summed E-state index contributed by atoms with van der Waals surface area (Å²) in [6.07, 6.45) is 0.753. The van der Waals surface area contributed by atoms with E-state index in [1.165, 1.54) is 0 Å². The summed E-state index contributed by atoms with van der Waals surface area (Å²) in [4.78, 5) is 18.0. The predicted octanol–water partition coefficient (Wildman–Crippen LogP) is 3.39. The first kappa shape index (κ1) is 13.8. The molecule has 0 aliphatic rings. The van der Waals surface area contributed by atoms with Crippen molar-refractivity contribution in [1.29, 1.82) is 0 Å². The van der Waals surface area contributed by atoms with E-state index in [2.05, 4.69) is 0 Å². The maximum Gasteiger partial charge on any atom is 0.524 e. The fourth-order valence-corrected chi connectivity index (χ4v) is 2.42. The van der Waals surface area contributed by atoms with Crippen LogP contribution in [0.15, 0.2) is 48.5 Å². The first-order chi connectivity index (χ1) is 9.01. The van der Waals surface area contributed by atoms with Gasteiger partial charge in [0.2, 0.25) is 0 Å². The smallest absolute Gasteiger partial charge is 0.404 e. The lowest BCUT2D eigenvalue weighted by molar-refractivity contribution is 0.283. The van der Waals surface area contributed by atoms with Gasteiger partial charge in [-0.25, -0.2) is 4.57 Å². The van der Waals surface area contributed by atoms with Crippen molar-refractivity contribution < 1.29 is 18.9 Å². The second-order valence-corrected chi connectivity index (χ2v) is 5.26. The van der Waals surface area contributed by atoms with Gasteiger partial charge in [-0.05, 0) is 23.6 Å². The minimum absolute atomic E-state index is 0.207. The van der Waals surface area contributed by atoms with E-state index in [1.807, 2.05) is 43.3 Å². The number of rotatable bonds is 4. The summed E-state index contributed by atoms with van der Waals surface area (Å²) in [5.74, 6) is 0.207. The summed E-state index contributed by atoms with van der Waals surface area (Å²) in [6, 6.07) is 14.7. The number of benzene rings is 2. The topological polar surface area (TPSA) is 66.8 Å². The highest BCUT2D eigenvalue weighted by Gasteiger charge is 2.20. The fraction of sp³-hybridized carbons (Fsp3) is 0.143. The molecule has 0 atom stereocenters. The normalized spacial score (nSPS) is 11.3. The van der Waals surface area contributed by atoms with Gasteiger partial charge in [0, 0.05) is 5.56 Å². The summed E-state index contributed by atoms with van der Waals surface area (Å²) in [7, 11) is -4.57. The molecule has 5 heteroatoms. The van der Waals surface area contributed by atoms with Gasteiger partial charge in [-0.15, -0.1) is 0 Å². The summed E-state index contributed by atoms with van der Waals surface area (Å²) in [6.45, 7) is 1.99. The van der Waals surface area contributed by atoms with Crippen LogP contribution in [0.2, 0.25) is 0 Å². The van der Waals surface area contributed by atoms with Gasteiger partial charge < -0.3 is 4.52 Å². The van der Waals surface area contributed by atoms with Gasteiger partial charge in [0.05, 0.1) is 0 Å². The zero-order chi connectivity index (χ0) is 13.9. The maximum absolute atomic E-state index is 11.1. The monoisotopic (exact) mass is 278 g/mol. The molecule has 0 spiro atoms. The molecule has 0 saturated carbocycles. The Morgan fingerprint density at radius 3 is 2.32 bits per heavy atom. The lowest BCUT2D eigenvalue weighted by Crippen LogP contribution is -1.96. The van der Waals surface area contributed by atoms with E-state index < -0.39 is 7.82 Å². The molecule has 0 aromatic heterocycles. The molecule has 19 heavy (non-hydrogen) atoms. The highest BCUT2D eigenvalue weighted by molar-refractivity contribution is 7.46. The largest absolute Gasteiger partial charge is 0.524 e. The Balaban J connectivity index is 2.59. The van der Waals surface area contributed by atoms with Gasteiger partial charge in [0.15, 0.2) is 0 Å². The van der Waals surface area contributed by atoms with Crippen molar-refractivity contribution in [2.45, 2.75) is 13.3 Å². The third-order valence-corrected chi connectivity index (χ3v) is 3.21. The van der Waals surface area contributed by atoms with E-state index in [9.17, 15) is 4.57 Å². The van der Waals surface area contributed by atoms with Gasteiger partial charge >= 0.3 is 7.82 Å². The van der Waals surface area contributed by atoms with Crippen molar-refractivity contribution in [2.24, 2.45) is 0 Å². The van der Waals surface area contributed by atoms with Crippen LogP contribution in [0.3, 0.4) is 0 Å². The maximum atomic E-state index is 11.1. The van der Waals surface area contributed by atoms with Crippen LogP contribution in [0.1, 0.15) is 12.5 Å². The van der Waals surface area contributed by atoms with Crippen LogP contribution < -0.4 is 4.52 Å². The van der Waals surface area contributed by atoms with Crippen molar-refractivity contribution in [3.63, 3.8) is 0 Å². The van der Waals surface area contributed by atoms with Crippen LogP contribution >= 0.6 is 7.82 Å². The molecule has 0 radical (unpaired) electrons. The Labute approximate surface area is 111 Å². The number of phosphoric ester groups is 1. The molecular weight excluding hydrogens is 263 g/mol. The van der Waals surface area contributed by atoms with Crippen molar-refractivity contribution in [3.05, 3.63) is 54.1 Å². The van der Waals surface area contributed by atoms with E-state index in [0.717, 1.165) is 23.1 Å². The van der Waals surface area contributed by atoms with Crippen LogP contribution in [-0.2, 0) is 11.0 Å². The standard InChI is InChI=1S/C14H15O4P/c1-2-11-9-6-10-13(18-19(15,16)17)14(11)12-7-4-3-5-8-12/h3-10H,2H2,1H3,(H2,15,16,17). The Morgan fingerprint density at radius 1 is 1.05 bits per heavy atom.